The lowest BCUT2D eigenvalue weighted by atomic mass is 10.1. The number of para-hydroxylation sites is 1. The molecule has 0 spiro atoms. The maximum atomic E-state index is 13.3. The van der Waals surface area contributed by atoms with E-state index >= 15 is 0 Å². The van der Waals surface area contributed by atoms with Crippen molar-refractivity contribution in [2.24, 2.45) is 0 Å². The Morgan fingerprint density at radius 2 is 1.86 bits per heavy atom. The van der Waals surface area contributed by atoms with Crippen LogP contribution in [0.1, 0.15) is 19.4 Å². The molecule has 140 valence electrons. The summed E-state index contributed by atoms with van der Waals surface area (Å²) in [6.45, 7) is 3.43. The third-order valence-electron chi connectivity index (χ3n) is 3.86. The van der Waals surface area contributed by atoms with Crippen LogP contribution in [0.5, 0.6) is 0 Å². The van der Waals surface area contributed by atoms with Gasteiger partial charge < -0.3 is 4.74 Å². The number of ether oxygens (including phenoxy) is 1. The molecule has 1 heterocycles. The minimum atomic E-state index is -0.699. The van der Waals surface area contributed by atoms with Crippen LogP contribution in [0.4, 0.5) is 4.39 Å². The number of halogens is 1. The highest BCUT2D eigenvalue weighted by atomic mass is 19.1. The summed E-state index contributed by atoms with van der Waals surface area (Å²) in [6, 6.07) is 17.2. The van der Waals surface area contributed by atoms with Crippen LogP contribution in [0.15, 0.2) is 66.4 Å². The highest BCUT2D eigenvalue weighted by molar-refractivity contribution is 5.98. The molecule has 0 saturated heterocycles. The second-order valence-corrected chi connectivity index (χ2v) is 6.34. The number of benzene rings is 2. The van der Waals surface area contributed by atoms with Crippen molar-refractivity contribution in [3.8, 4) is 23.0 Å². The summed E-state index contributed by atoms with van der Waals surface area (Å²) in [5.41, 5.74) is 2.41. The van der Waals surface area contributed by atoms with Crippen LogP contribution in [-0.2, 0) is 9.53 Å². The topological polar surface area (TPSA) is 67.9 Å². The fraction of sp³-hybridized carbons (Fsp3) is 0.136. The van der Waals surface area contributed by atoms with Gasteiger partial charge >= 0.3 is 5.97 Å². The third kappa shape index (κ3) is 4.33. The summed E-state index contributed by atoms with van der Waals surface area (Å²) in [7, 11) is 0. The Labute approximate surface area is 162 Å². The molecule has 0 radical (unpaired) electrons. The molecule has 3 aromatic rings. The number of carbonyl (C=O) groups excluding carboxylic acids is 1. The molecule has 0 amide bonds. The van der Waals surface area contributed by atoms with Crippen molar-refractivity contribution in [3.05, 3.63) is 77.7 Å². The van der Waals surface area contributed by atoms with Crippen molar-refractivity contribution in [3.63, 3.8) is 0 Å². The van der Waals surface area contributed by atoms with E-state index in [-0.39, 0.29) is 17.5 Å². The molecular weight excluding hydrogens is 357 g/mol. The van der Waals surface area contributed by atoms with E-state index < -0.39 is 5.97 Å². The van der Waals surface area contributed by atoms with Crippen LogP contribution in [0, 0.1) is 17.1 Å². The predicted molar refractivity (Wildman–Crippen MR) is 104 cm³/mol. The average molecular weight is 375 g/mol. The molecule has 0 aliphatic carbocycles. The molecule has 6 heteroatoms. The minimum Gasteiger partial charge on any atom is -0.459 e. The Balaban J connectivity index is 2.11. The predicted octanol–water partition coefficient (Wildman–Crippen LogP) is 4.54. The highest BCUT2D eigenvalue weighted by Crippen LogP contribution is 2.26. The van der Waals surface area contributed by atoms with E-state index in [0.29, 0.717) is 16.8 Å². The van der Waals surface area contributed by atoms with E-state index in [1.54, 1.807) is 36.9 Å². The first-order chi connectivity index (χ1) is 13.5. The van der Waals surface area contributed by atoms with Gasteiger partial charge in [0.2, 0.25) is 0 Å². The van der Waals surface area contributed by atoms with Gasteiger partial charge in [0.15, 0.2) is 0 Å². The molecule has 0 aliphatic rings. The first kappa shape index (κ1) is 19.1. The van der Waals surface area contributed by atoms with E-state index in [1.165, 1.54) is 18.2 Å². The van der Waals surface area contributed by atoms with Crippen LogP contribution in [0.3, 0.4) is 0 Å². The van der Waals surface area contributed by atoms with Crippen LogP contribution in [-0.4, -0.2) is 21.9 Å². The molecule has 1 aromatic heterocycles. The van der Waals surface area contributed by atoms with Crippen molar-refractivity contribution in [1.82, 2.24) is 9.78 Å². The Morgan fingerprint density at radius 3 is 2.46 bits per heavy atom. The Kier molecular flexibility index (Phi) is 5.66. The fourth-order valence-corrected chi connectivity index (χ4v) is 2.61. The maximum Gasteiger partial charge on any atom is 0.349 e. The SMILES string of the molecule is CC(C)OC(=O)/C(C#N)=C/c1cn(-c2ccccc2)nc1-c1ccc(F)cc1. The maximum absolute atomic E-state index is 13.3. The number of nitrogens with zero attached hydrogens (tertiary/aromatic N) is 3. The first-order valence-corrected chi connectivity index (χ1v) is 8.71. The summed E-state index contributed by atoms with van der Waals surface area (Å²) >= 11 is 0. The Hall–Kier alpha value is -3.72. The monoisotopic (exact) mass is 375 g/mol. The van der Waals surface area contributed by atoms with Gasteiger partial charge in [0, 0.05) is 17.3 Å². The van der Waals surface area contributed by atoms with Gasteiger partial charge in [-0.25, -0.2) is 13.9 Å². The molecule has 0 saturated carbocycles. The lowest BCUT2D eigenvalue weighted by Gasteiger charge is -2.06. The number of carbonyl (C=O) groups is 1. The molecule has 0 N–H and O–H groups in total. The van der Waals surface area contributed by atoms with Crippen LogP contribution in [0.25, 0.3) is 23.0 Å². The number of nitriles is 1. The van der Waals surface area contributed by atoms with E-state index in [4.69, 9.17) is 4.74 Å². The fourth-order valence-electron chi connectivity index (χ4n) is 2.61. The van der Waals surface area contributed by atoms with Gasteiger partial charge in [-0.15, -0.1) is 0 Å². The summed E-state index contributed by atoms with van der Waals surface area (Å²) < 4.78 is 20.1. The average Bonchev–Trinajstić information content (AvgIpc) is 3.10. The number of esters is 1. The molecule has 0 bridgehead atoms. The summed E-state index contributed by atoms with van der Waals surface area (Å²) in [5.74, 6) is -1.06. The number of rotatable bonds is 5. The molecule has 0 unspecified atom stereocenters. The van der Waals surface area contributed by atoms with Gasteiger partial charge in [-0.05, 0) is 56.3 Å². The second-order valence-electron chi connectivity index (χ2n) is 6.34. The van der Waals surface area contributed by atoms with Crippen LogP contribution < -0.4 is 0 Å². The third-order valence-corrected chi connectivity index (χ3v) is 3.86. The summed E-state index contributed by atoms with van der Waals surface area (Å²) in [6.07, 6.45) is 2.82. The van der Waals surface area contributed by atoms with Crippen molar-refractivity contribution < 1.29 is 13.9 Å². The quantitative estimate of drug-likeness (QED) is 0.373. The molecular formula is C22H18FN3O2. The van der Waals surface area contributed by atoms with Crippen LogP contribution >= 0.6 is 0 Å². The van der Waals surface area contributed by atoms with Crippen molar-refractivity contribution in [2.45, 2.75) is 20.0 Å². The zero-order valence-electron chi connectivity index (χ0n) is 15.5. The molecule has 3 rings (SSSR count). The standard InChI is InChI=1S/C22H18FN3O2/c1-15(2)28-22(27)17(13-24)12-18-14-26(20-6-4-3-5-7-20)25-21(18)16-8-10-19(23)11-9-16/h3-12,14-15H,1-2H3/b17-12+. The van der Waals surface area contributed by atoms with Gasteiger partial charge in [-0.3, -0.25) is 0 Å². The zero-order chi connectivity index (χ0) is 20.1. The van der Waals surface area contributed by atoms with E-state index in [0.717, 1.165) is 5.69 Å². The van der Waals surface area contributed by atoms with Gasteiger partial charge in [-0.2, -0.15) is 10.4 Å². The molecule has 0 fully saturated rings. The summed E-state index contributed by atoms with van der Waals surface area (Å²) in [4.78, 5) is 12.2. The van der Waals surface area contributed by atoms with Crippen LogP contribution in [0.2, 0.25) is 0 Å². The number of hydrogen-bond donors (Lipinski definition) is 0. The normalized spacial score (nSPS) is 11.3. The number of aromatic nitrogens is 2. The first-order valence-electron chi connectivity index (χ1n) is 8.71. The zero-order valence-corrected chi connectivity index (χ0v) is 15.5. The van der Waals surface area contributed by atoms with E-state index in [9.17, 15) is 14.4 Å². The highest BCUT2D eigenvalue weighted by Gasteiger charge is 2.17. The Morgan fingerprint density at radius 1 is 1.18 bits per heavy atom. The van der Waals surface area contributed by atoms with Gasteiger partial charge in [0.1, 0.15) is 17.5 Å². The van der Waals surface area contributed by atoms with Crippen molar-refractivity contribution >= 4 is 12.0 Å². The smallest absolute Gasteiger partial charge is 0.349 e. The van der Waals surface area contributed by atoms with Crippen molar-refractivity contribution in [2.75, 3.05) is 0 Å². The second kappa shape index (κ2) is 8.31. The molecule has 28 heavy (non-hydrogen) atoms. The number of hydrogen-bond acceptors (Lipinski definition) is 4. The Bertz CT molecular complexity index is 1050. The molecule has 5 nitrogen and oxygen atoms in total. The van der Waals surface area contributed by atoms with Gasteiger partial charge in [0.25, 0.3) is 0 Å². The van der Waals surface area contributed by atoms with Gasteiger partial charge in [0.05, 0.1) is 17.5 Å². The lowest BCUT2D eigenvalue weighted by Crippen LogP contribution is -2.12. The molecule has 0 aliphatic heterocycles. The van der Waals surface area contributed by atoms with Crippen molar-refractivity contribution in [1.29, 1.82) is 5.26 Å². The molecule has 2 aromatic carbocycles. The summed E-state index contributed by atoms with van der Waals surface area (Å²) in [5, 5.41) is 14.0. The minimum absolute atomic E-state index is 0.135. The van der Waals surface area contributed by atoms with Gasteiger partial charge in [-0.1, -0.05) is 18.2 Å². The molecule has 0 atom stereocenters. The lowest BCUT2D eigenvalue weighted by molar-refractivity contribution is -0.142. The van der Waals surface area contributed by atoms with E-state index in [1.807, 2.05) is 36.4 Å². The largest absolute Gasteiger partial charge is 0.459 e. The van der Waals surface area contributed by atoms with E-state index in [2.05, 4.69) is 5.10 Å².